The number of aliphatic carboxylic acids is 1. The van der Waals surface area contributed by atoms with Crippen molar-refractivity contribution in [2.24, 2.45) is 0 Å². The van der Waals surface area contributed by atoms with Gasteiger partial charge in [-0.05, 0) is 31.7 Å². The predicted molar refractivity (Wildman–Crippen MR) is 63.3 cm³/mol. The van der Waals surface area contributed by atoms with E-state index >= 15 is 0 Å². The van der Waals surface area contributed by atoms with Crippen LogP contribution in [-0.4, -0.2) is 33.9 Å². The molecule has 1 unspecified atom stereocenters. The second-order valence-electron chi connectivity index (χ2n) is 4.31. The van der Waals surface area contributed by atoms with Crippen LogP contribution in [0.25, 0.3) is 0 Å². The van der Waals surface area contributed by atoms with E-state index in [2.05, 4.69) is 5.32 Å². The molecule has 4 N–H and O–H groups in total. The molecule has 6 heteroatoms. The van der Waals surface area contributed by atoms with Crippen molar-refractivity contribution in [1.29, 1.82) is 0 Å². The smallest absolute Gasteiger partial charge is 0.323 e. The summed E-state index contributed by atoms with van der Waals surface area (Å²) < 4.78 is 14.0. The van der Waals surface area contributed by atoms with Gasteiger partial charge >= 0.3 is 5.97 Å². The molecule has 0 saturated carbocycles. The number of rotatable bonds is 5. The lowest BCUT2D eigenvalue weighted by atomic mass is 9.92. The van der Waals surface area contributed by atoms with Gasteiger partial charge in [0.1, 0.15) is 11.7 Å². The van der Waals surface area contributed by atoms with E-state index in [1.54, 1.807) is 0 Å². The third-order valence-electron chi connectivity index (χ3n) is 2.97. The van der Waals surface area contributed by atoms with Gasteiger partial charge in [-0.2, -0.15) is 0 Å². The van der Waals surface area contributed by atoms with Crippen LogP contribution in [0.3, 0.4) is 0 Å². The van der Waals surface area contributed by atoms with E-state index in [-0.39, 0.29) is 17.7 Å². The standard InChI is InChI=1S/C12H16FNO4/c1-12(14-2,11(17)18)6-8(13)7-3-4-9(15)10(16)5-7/h3-5,8,14-16H,6H2,1-2H3,(H,17,18)/t8?,12-/m0/s1. The molecule has 5 nitrogen and oxygen atoms in total. The van der Waals surface area contributed by atoms with Crippen LogP contribution >= 0.6 is 0 Å². The van der Waals surface area contributed by atoms with E-state index in [4.69, 9.17) is 10.2 Å². The Labute approximate surface area is 104 Å². The van der Waals surface area contributed by atoms with Crippen molar-refractivity contribution in [2.45, 2.75) is 25.1 Å². The first-order valence-electron chi connectivity index (χ1n) is 5.38. The van der Waals surface area contributed by atoms with Crippen molar-refractivity contribution in [2.75, 3.05) is 7.05 Å². The monoisotopic (exact) mass is 257 g/mol. The summed E-state index contributed by atoms with van der Waals surface area (Å²) in [5.41, 5.74) is -1.28. The lowest BCUT2D eigenvalue weighted by molar-refractivity contribution is -0.144. The summed E-state index contributed by atoms with van der Waals surface area (Å²) in [6, 6.07) is 3.55. The van der Waals surface area contributed by atoms with Crippen molar-refractivity contribution in [3.05, 3.63) is 23.8 Å². The second-order valence-corrected chi connectivity index (χ2v) is 4.31. The lowest BCUT2D eigenvalue weighted by Crippen LogP contribution is -2.48. The van der Waals surface area contributed by atoms with Gasteiger partial charge in [0.15, 0.2) is 11.5 Å². The van der Waals surface area contributed by atoms with Crippen LogP contribution in [0.5, 0.6) is 11.5 Å². The number of phenolic OH excluding ortho intramolecular Hbond substituents is 2. The van der Waals surface area contributed by atoms with Crippen LogP contribution in [0, 0.1) is 0 Å². The van der Waals surface area contributed by atoms with E-state index in [1.807, 2.05) is 0 Å². The number of phenols is 2. The topological polar surface area (TPSA) is 89.8 Å². The molecule has 1 rings (SSSR count). The van der Waals surface area contributed by atoms with Crippen LogP contribution < -0.4 is 5.32 Å². The Morgan fingerprint density at radius 3 is 2.50 bits per heavy atom. The average molecular weight is 257 g/mol. The van der Waals surface area contributed by atoms with Crippen molar-refractivity contribution in [3.63, 3.8) is 0 Å². The normalized spacial score (nSPS) is 15.9. The van der Waals surface area contributed by atoms with Gasteiger partial charge in [0.25, 0.3) is 0 Å². The van der Waals surface area contributed by atoms with Crippen LogP contribution in [0.1, 0.15) is 25.1 Å². The number of benzene rings is 1. The zero-order valence-electron chi connectivity index (χ0n) is 10.1. The molecule has 0 saturated heterocycles. The van der Waals surface area contributed by atoms with Gasteiger partial charge in [0, 0.05) is 6.42 Å². The highest BCUT2D eigenvalue weighted by atomic mass is 19.1. The number of aromatic hydroxyl groups is 2. The fraction of sp³-hybridized carbons (Fsp3) is 0.417. The minimum Gasteiger partial charge on any atom is -0.504 e. The molecule has 1 aromatic carbocycles. The van der Waals surface area contributed by atoms with Crippen LogP contribution in [0.15, 0.2) is 18.2 Å². The molecule has 0 aromatic heterocycles. The quantitative estimate of drug-likeness (QED) is 0.601. The Morgan fingerprint density at radius 2 is 2.06 bits per heavy atom. The minimum absolute atomic E-state index is 0.119. The van der Waals surface area contributed by atoms with Gasteiger partial charge < -0.3 is 20.6 Å². The lowest BCUT2D eigenvalue weighted by Gasteiger charge is -2.26. The van der Waals surface area contributed by atoms with Gasteiger partial charge in [-0.25, -0.2) is 4.39 Å². The van der Waals surface area contributed by atoms with Crippen molar-refractivity contribution in [3.8, 4) is 11.5 Å². The Bertz CT molecular complexity index is 452. The molecule has 0 spiro atoms. The molecule has 1 aromatic rings. The number of carboxylic acid groups (broad SMARTS) is 1. The van der Waals surface area contributed by atoms with Crippen LogP contribution in [0.2, 0.25) is 0 Å². The minimum atomic E-state index is -1.56. The molecular formula is C12H16FNO4. The number of hydrogen-bond acceptors (Lipinski definition) is 4. The zero-order valence-corrected chi connectivity index (χ0v) is 10.1. The molecule has 0 radical (unpaired) electrons. The van der Waals surface area contributed by atoms with Crippen molar-refractivity contribution in [1.82, 2.24) is 5.32 Å². The highest BCUT2D eigenvalue weighted by Gasteiger charge is 2.35. The molecular weight excluding hydrogens is 241 g/mol. The van der Waals surface area contributed by atoms with Gasteiger partial charge in [-0.15, -0.1) is 0 Å². The summed E-state index contributed by atoms with van der Waals surface area (Å²) in [6.45, 7) is 1.38. The van der Waals surface area contributed by atoms with E-state index in [9.17, 15) is 14.3 Å². The largest absolute Gasteiger partial charge is 0.504 e. The van der Waals surface area contributed by atoms with E-state index < -0.39 is 23.4 Å². The third-order valence-corrected chi connectivity index (χ3v) is 2.97. The van der Waals surface area contributed by atoms with Gasteiger partial charge in [-0.1, -0.05) is 6.07 Å². The summed E-state index contributed by atoms with van der Waals surface area (Å²) in [6.07, 6.45) is -1.85. The SMILES string of the molecule is CN[C@@](C)(CC(F)c1ccc(O)c(O)c1)C(=O)O. The van der Waals surface area contributed by atoms with Gasteiger partial charge in [0.05, 0.1) is 0 Å². The van der Waals surface area contributed by atoms with Crippen LogP contribution in [0.4, 0.5) is 4.39 Å². The maximum absolute atomic E-state index is 14.0. The maximum atomic E-state index is 14.0. The molecule has 100 valence electrons. The zero-order chi connectivity index (χ0) is 13.9. The predicted octanol–water partition coefficient (Wildman–Crippen LogP) is 1.56. The van der Waals surface area contributed by atoms with Gasteiger partial charge in [0.2, 0.25) is 0 Å². The van der Waals surface area contributed by atoms with Crippen LogP contribution in [-0.2, 0) is 4.79 Å². The Hall–Kier alpha value is -1.82. The first-order chi connectivity index (χ1) is 8.30. The Kier molecular flexibility index (Phi) is 4.13. The molecule has 0 aliphatic heterocycles. The maximum Gasteiger partial charge on any atom is 0.323 e. The number of carboxylic acids is 1. The molecule has 2 atom stereocenters. The summed E-state index contributed by atoms with van der Waals surface area (Å²) in [5, 5.41) is 29.9. The summed E-state index contributed by atoms with van der Waals surface area (Å²) in [5.74, 6) is -1.94. The van der Waals surface area contributed by atoms with Crippen molar-refractivity contribution >= 4 is 5.97 Å². The summed E-state index contributed by atoms with van der Waals surface area (Å²) >= 11 is 0. The third kappa shape index (κ3) is 2.89. The molecule has 0 fully saturated rings. The number of likely N-dealkylation sites (N-methyl/N-ethyl adjacent to an activating group) is 1. The average Bonchev–Trinajstić information content (AvgIpc) is 2.32. The molecule has 0 aliphatic carbocycles. The number of alkyl halides is 1. The Morgan fingerprint density at radius 1 is 1.44 bits per heavy atom. The molecule has 0 bridgehead atoms. The highest BCUT2D eigenvalue weighted by molar-refractivity contribution is 5.78. The molecule has 0 heterocycles. The number of halogens is 1. The molecule has 0 aliphatic rings. The fourth-order valence-corrected chi connectivity index (χ4v) is 1.51. The second kappa shape index (κ2) is 5.22. The van der Waals surface area contributed by atoms with E-state index in [0.29, 0.717) is 0 Å². The summed E-state index contributed by atoms with van der Waals surface area (Å²) in [7, 11) is 1.44. The van der Waals surface area contributed by atoms with Crippen molar-refractivity contribution < 1.29 is 24.5 Å². The summed E-state index contributed by atoms with van der Waals surface area (Å²) in [4.78, 5) is 11.0. The molecule has 18 heavy (non-hydrogen) atoms. The number of carbonyl (C=O) groups is 1. The van der Waals surface area contributed by atoms with E-state index in [0.717, 1.165) is 12.1 Å². The number of nitrogens with one attached hydrogen (secondary N) is 1. The number of hydrogen-bond donors (Lipinski definition) is 4. The highest BCUT2D eigenvalue weighted by Crippen LogP contribution is 2.33. The van der Waals surface area contributed by atoms with Gasteiger partial charge in [-0.3, -0.25) is 4.79 Å². The first kappa shape index (κ1) is 14.2. The van der Waals surface area contributed by atoms with E-state index in [1.165, 1.54) is 20.0 Å². The fourth-order valence-electron chi connectivity index (χ4n) is 1.51. The molecule has 0 amide bonds. The first-order valence-corrected chi connectivity index (χ1v) is 5.38. The Balaban J connectivity index is 2.90.